The van der Waals surface area contributed by atoms with Crippen molar-refractivity contribution < 1.29 is 4.79 Å². The Hall–Kier alpha value is -2.39. The second-order valence-corrected chi connectivity index (χ2v) is 8.66. The van der Waals surface area contributed by atoms with Crippen molar-refractivity contribution in [2.75, 3.05) is 0 Å². The first kappa shape index (κ1) is 15.8. The van der Waals surface area contributed by atoms with E-state index in [0.717, 1.165) is 6.42 Å². The zero-order valence-corrected chi connectivity index (χ0v) is 15.6. The molecule has 1 N–H and O–H groups in total. The van der Waals surface area contributed by atoms with Crippen LogP contribution in [0.1, 0.15) is 52.3 Å². The summed E-state index contributed by atoms with van der Waals surface area (Å²) >= 11 is 1.69. The van der Waals surface area contributed by atoms with Gasteiger partial charge in [-0.1, -0.05) is 54.6 Å². The van der Waals surface area contributed by atoms with Gasteiger partial charge in [-0.15, -0.1) is 11.3 Å². The van der Waals surface area contributed by atoms with Crippen molar-refractivity contribution in [1.29, 1.82) is 0 Å². The van der Waals surface area contributed by atoms with E-state index in [2.05, 4.69) is 72.2 Å². The lowest BCUT2D eigenvalue weighted by atomic mass is 9.52. The molecule has 6 rings (SSSR count). The van der Waals surface area contributed by atoms with Crippen molar-refractivity contribution in [2.24, 2.45) is 5.41 Å². The Balaban J connectivity index is 1.56. The van der Waals surface area contributed by atoms with Crippen LogP contribution in [0.4, 0.5) is 0 Å². The zero-order valence-electron chi connectivity index (χ0n) is 14.7. The number of hydrogen-bond donors (Lipinski definition) is 1. The maximum Gasteiger partial charge on any atom is 0.227 e. The van der Waals surface area contributed by atoms with Crippen LogP contribution >= 0.6 is 11.3 Å². The number of fused-ring (bicyclic) bond motifs is 1. The van der Waals surface area contributed by atoms with Crippen LogP contribution in [0, 0.1) is 5.41 Å². The van der Waals surface area contributed by atoms with E-state index in [4.69, 9.17) is 0 Å². The van der Waals surface area contributed by atoms with Gasteiger partial charge in [-0.25, -0.2) is 0 Å². The Bertz CT molecular complexity index is 930. The minimum absolute atomic E-state index is 0.128. The highest BCUT2D eigenvalue weighted by molar-refractivity contribution is 7.09. The van der Waals surface area contributed by atoms with E-state index < -0.39 is 5.41 Å². The minimum atomic E-state index is -0.412. The summed E-state index contributed by atoms with van der Waals surface area (Å²) in [4.78, 5) is 14.5. The second kappa shape index (κ2) is 5.82. The first-order valence-electron chi connectivity index (χ1n) is 9.17. The Labute approximate surface area is 157 Å². The lowest BCUT2D eigenvalue weighted by Crippen LogP contribution is -2.49. The van der Waals surface area contributed by atoms with Crippen LogP contribution in [0.3, 0.4) is 0 Å². The number of benzene rings is 2. The van der Waals surface area contributed by atoms with Crippen molar-refractivity contribution in [2.45, 2.75) is 31.7 Å². The summed E-state index contributed by atoms with van der Waals surface area (Å²) < 4.78 is 0. The molecule has 3 heteroatoms. The van der Waals surface area contributed by atoms with Gasteiger partial charge < -0.3 is 5.32 Å². The molecule has 0 saturated heterocycles. The Morgan fingerprint density at radius 2 is 1.62 bits per heavy atom. The van der Waals surface area contributed by atoms with Gasteiger partial charge in [-0.2, -0.15) is 0 Å². The van der Waals surface area contributed by atoms with Crippen LogP contribution in [0.15, 0.2) is 66.0 Å². The topological polar surface area (TPSA) is 29.1 Å². The van der Waals surface area contributed by atoms with Gasteiger partial charge in [0.25, 0.3) is 0 Å². The van der Waals surface area contributed by atoms with Crippen LogP contribution in [0.2, 0.25) is 0 Å². The monoisotopic (exact) mass is 359 g/mol. The van der Waals surface area contributed by atoms with Gasteiger partial charge in [0, 0.05) is 16.7 Å². The van der Waals surface area contributed by atoms with Crippen LogP contribution in [-0.2, 0) is 11.3 Å². The molecule has 0 fully saturated rings. The summed E-state index contributed by atoms with van der Waals surface area (Å²) in [5.41, 5.74) is 5.05. The van der Waals surface area contributed by atoms with Crippen molar-refractivity contribution in [3.05, 3.63) is 93.2 Å². The fourth-order valence-corrected chi connectivity index (χ4v) is 5.62. The van der Waals surface area contributed by atoms with E-state index in [-0.39, 0.29) is 11.8 Å². The van der Waals surface area contributed by atoms with E-state index in [1.54, 1.807) is 11.3 Å². The second-order valence-electron chi connectivity index (χ2n) is 7.63. The van der Waals surface area contributed by atoms with E-state index in [1.165, 1.54) is 27.1 Å². The van der Waals surface area contributed by atoms with Gasteiger partial charge in [-0.05, 0) is 47.0 Å². The molecule has 2 aromatic carbocycles. The molecule has 1 amide bonds. The highest BCUT2D eigenvalue weighted by Gasteiger charge is 2.53. The number of hydrogen-bond acceptors (Lipinski definition) is 2. The lowest BCUT2D eigenvalue weighted by Gasteiger charge is -2.50. The molecule has 2 nitrogen and oxygen atoms in total. The Kier molecular flexibility index (Phi) is 3.54. The summed E-state index contributed by atoms with van der Waals surface area (Å²) in [5.74, 6) is 0.609. The third-order valence-corrected chi connectivity index (χ3v) is 7.03. The molecule has 3 aliphatic rings. The third-order valence-electron chi connectivity index (χ3n) is 6.15. The van der Waals surface area contributed by atoms with E-state index >= 15 is 0 Å². The van der Waals surface area contributed by atoms with Crippen molar-refractivity contribution in [3.8, 4) is 0 Å². The normalized spacial score (nSPS) is 25.4. The Morgan fingerprint density at radius 1 is 1.00 bits per heavy atom. The van der Waals surface area contributed by atoms with Gasteiger partial charge in [0.05, 0.1) is 12.0 Å². The van der Waals surface area contributed by atoms with Crippen molar-refractivity contribution in [3.63, 3.8) is 0 Å². The largest absolute Gasteiger partial charge is 0.351 e. The number of carbonyl (C=O) groups excluding carboxylic acids is 1. The fraction of sp³-hybridized carbons (Fsp3) is 0.261. The van der Waals surface area contributed by atoms with Gasteiger partial charge in [0.15, 0.2) is 0 Å². The van der Waals surface area contributed by atoms with Crippen LogP contribution in [0.5, 0.6) is 0 Å². The van der Waals surface area contributed by atoms with Crippen LogP contribution in [0.25, 0.3) is 0 Å². The van der Waals surface area contributed by atoms with Crippen molar-refractivity contribution in [1.82, 2.24) is 5.32 Å². The van der Waals surface area contributed by atoms with Crippen molar-refractivity contribution >= 4 is 17.2 Å². The summed E-state index contributed by atoms with van der Waals surface area (Å²) in [7, 11) is 0. The molecule has 130 valence electrons. The molecule has 0 saturated carbocycles. The van der Waals surface area contributed by atoms with E-state index in [0.29, 0.717) is 12.5 Å². The summed E-state index contributed by atoms with van der Waals surface area (Å²) in [6.07, 6.45) is 0.877. The predicted octanol–water partition coefficient (Wildman–Crippen LogP) is 5.05. The van der Waals surface area contributed by atoms with Crippen LogP contribution in [-0.4, -0.2) is 5.91 Å². The summed E-state index contributed by atoms with van der Waals surface area (Å²) in [5, 5.41) is 5.27. The SMILES string of the molecule is CC1(C(=O)NCc2cccs2)CC2c3ccccc3C1c1ccccc12. The number of carbonyl (C=O) groups is 1. The first-order valence-corrected chi connectivity index (χ1v) is 10.0. The molecule has 1 unspecified atom stereocenters. The standard InChI is InChI=1S/C23H21NOS/c1-23(22(25)24-14-15-7-6-12-26-15)13-20-16-8-2-4-10-18(16)21(23)19-11-5-3-9-17(19)20/h2-12,20-21H,13-14H2,1H3,(H,24,25). The molecule has 2 bridgehead atoms. The van der Waals surface area contributed by atoms with Gasteiger partial charge in [0.1, 0.15) is 0 Å². The van der Waals surface area contributed by atoms with Gasteiger partial charge in [-0.3, -0.25) is 4.79 Å². The third kappa shape index (κ3) is 2.20. The highest BCUT2D eigenvalue weighted by Crippen LogP contribution is 2.60. The maximum atomic E-state index is 13.3. The average molecular weight is 359 g/mol. The maximum absolute atomic E-state index is 13.3. The zero-order chi connectivity index (χ0) is 17.7. The average Bonchev–Trinajstić information content (AvgIpc) is 3.20. The molecule has 1 atom stereocenters. The molecule has 3 aliphatic carbocycles. The number of amides is 1. The molecule has 3 aromatic rings. The fourth-order valence-electron chi connectivity index (χ4n) is 4.97. The van der Waals surface area contributed by atoms with Crippen LogP contribution < -0.4 is 5.32 Å². The molecule has 1 heterocycles. The molecule has 0 spiro atoms. The lowest BCUT2D eigenvalue weighted by molar-refractivity contribution is -0.132. The molecule has 26 heavy (non-hydrogen) atoms. The molecular weight excluding hydrogens is 338 g/mol. The molecular formula is C23H21NOS. The first-order chi connectivity index (χ1) is 12.7. The van der Waals surface area contributed by atoms with E-state index in [9.17, 15) is 4.79 Å². The Morgan fingerprint density at radius 3 is 2.19 bits per heavy atom. The number of rotatable bonds is 3. The quantitative estimate of drug-likeness (QED) is 0.696. The number of thiophene rings is 1. The molecule has 1 aromatic heterocycles. The smallest absolute Gasteiger partial charge is 0.227 e. The highest BCUT2D eigenvalue weighted by atomic mass is 32.1. The van der Waals surface area contributed by atoms with E-state index in [1.807, 2.05) is 6.07 Å². The minimum Gasteiger partial charge on any atom is -0.351 e. The van der Waals surface area contributed by atoms with Gasteiger partial charge >= 0.3 is 0 Å². The summed E-state index contributed by atoms with van der Waals surface area (Å²) in [6.45, 7) is 2.77. The molecule has 0 aliphatic heterocycles. The van der Waals surface area contributed by atoms with Gasteiger partial charge in [0.2, 0.25) is 5.91 Å². The number of nitrogens with one attached hydrogen (secondary N) is 1. The summed E-state index contributed by atoms with van der Waals surface area (Å²) in [6, 6.07) is 21.5. The predicted molar refractivity (Wildman–Crippen MR) is 105 cm³/mol. The molecule has 0 radical (unpaired) electrons.